The Balaban J connectivity index is 2.31. The van der Waals surface area contributed by atoms with Crippen molar-refractivity contribution in [3.8, 4) is 0 Å². The van der Waals surface area contributed by atoms with Gasteiger partial charge in [0.1, 0.15) is 5.60 Å². The lowest BCUT2D eigenvalue weighted by Gasteiger charge is -2.31. The number of rotatable bonds is 5. The van der Waals surface area contributed by atoms with Gasteiger partial charge in [-0.1, -0.05) is 27.7 Å². The molecule has 0 aromatic rings. The van der Waals surface area contributed by atoms with Crippen LogP contribution in [0.2, 0.25) is 0 Å². The van der Waals surface area contributed by atoms with Crippen molar-refractivity contribution in [3.63, 3.8) is 0 Å². The van der Waals surface area contributed by atoms with Crippen LogP contribution in [0, 0.1) is 11.3 Å². The molecular weight excluding hydrogens is 264 g/mol. The van der Waals surface area contributed by atoms with Crippen LogP contribution in [-0.4, -0.2) is 30.3 Å². The molecule has 0 aromatic carbocycles. The summed E-state index contributed by atoms with van der Waals surface area (Å²) in [6.45, 7) is 15.8. The summed E-state index contributed by atoms with van der Waals surface area (Å²) in [5, 5.41) is 6.65. The van der Waals surface area contributed by atoms with Crippen molar-refractivity contribution in [2.45, 2.75) is 85.4 Å². The van der Waals surface area contributed by atoms with E-state index in [1.807, 2.05) is 20.8 Å². The predicted octanol–water partition coefficient (Wildman–Crippen LogP) is 3.70. The van der Waals surface area contributed by atoms with Crippen LogP contribution in [0.4, 0.5) is 4.79 Å². The highest BCUT2D eigenvalue weighted by Crippen LogP contribution is 2.26. The number of hydrogen-bond donors (Lipinski definition) is 2. The lowest BCUT2D eigenvalue weighted by Crippen LogP contribution is -2.41. The molecule has 1 fully saturated rings. The van der Waals surface area contributed by atoms with E-state index in [9.17, 15) is 4.79 Å². The Labute approximate surface area is 130 Å². The van der Waals surface area contributed by atoms with Crippen LogP contribution in [-0.2, 0) is 4.74 Å². The van der Waals surface area contributed by atoms with Gasteiger partial charge in [0.05, 0.1) is 0 Å². The first-order valence-corrected chi connectivity index (χ1v) is 8.22. The van der Waals surface area contributed by atoms with Crippen LogP contribution in [0.1, 0.15) is 67.7 Å². The lowest BCUT2D eigenvalue weighted by atomic mass is 9.81. The molecule has 124 valence electrons. The molecule has 0 aliphatic heterocycles. The summed E-state index contributed by atoms with van der Waals surface area (Å²) in [4.78, 5) is 11.8. The minimum absolute atomic E-state index is 0.236. The van der Waals surface area contributed by atoms with Crippen molar-refractivity contribution in [1.29, 1.82) is 0 Å². The van der Waals surface area contributed by atoms with Gasteiger partial charge in [-0.3, -0.25) is 0 Å². The maximum Gasteiger partial charge on any atom is 0.407 e. The van der Waals surface area contributed by atoms with Crippen molar-refractivity contribution in [3.05, 3.63) is 0 Å². The highest BCUT2D eigenvalue weighted by molar-refractivity contribution is 5.68. The van der Waals surface area contributed by atoms with E-state index < -0.39 is 5.60 Å². The van der Waals surface area contributed by atoms with Gasteiger partial charge in [0, 0.05) is 18.6 Å². The third kappa shape index (κ3) is 6.68. The zero-order valence-electron chi connectivity index (χ0n) is 14.9. The van der Waals surface area contributed by atoms with Crippen molar-refractivity contribution in [2.24, 2.45) is 11.3 Å². The molecule has 0 aromatic heterocycles. The van der Waals surface area contributed by atoms with Gasteiger partial charge >= 0.3 is 6.09 Å². The Morgan fingerprint density at radius 1 is 1.14 bits per heavy atom. The molecule has 1 rings (SSSR count). The average Bonchev–Trinajstić information content (AvgIpc) is 2.71. The van der Waals surface area contributed by atoms with Crippen LogP contribution < -0.4 is 10.6 Å². The van der Waals surface area contributed by atoms with E-state index >= 15 is 0 Å². The van der Waals surface area contributed by atoms with E-state index in [4.69, 9.17) is 4.74 Å². The standard InChI is InChI=1S/C17H34N2O2/c1-12(2)17(6,7)11-18-13-8-9-14(10-13)19-15(20)21-16(3,4)5/h12-14,18H,8-11H2,1-7H3,(H,19,20). The summed E-state index contributed by atoms with van der Waals surface area (Å²) in [5.41, 5.74) is -0.127. The van der Waals surface area contributed by atoms with E-state index in [0.29, 0.717) is 17.4 Å². The van der Waals surface area contributed by atoms with Crippen LogP contribution in [0.15, 0.2) is 0 Å². The Kier molecular flexibility index (Phi) is 6.09. The van der Waals surface area contributed by atoms with E-state index in [-0.39, 0.29) is 12.1 Å². The second-order valence-electron chi connectivity index (χ2n) is 8.38. The maximum absolute atomic E-state index is 11.8. The number of carbonyl (C=O) groups excluding carboxylic acids is 1. The largest absolute Gasteiger partial charge is 0.444 e. The normalized spacial score (nSPS) is 23.4. The Morgan fingerprint density at radius 2 is 1.71 bits per heavy atom. The first kappa shape index (κ1) is 18.3. The van der Waals surface area contributed by atoms with Gasteiger partial charge in [-0.15, -0.1) is 0 Å². The highest BCUT2D eigenvalue weighted by Gasteiger charge is 2.29. The Hall–Kier alpha value is -0.770. The highest BCUT2D eigenvalue weighted by atomic mass is 16.6. The molecule has 2 atom stereocenters. The van der Waals surface area contributed by atoms with E-state index in [1.54, 1.807) is 0 Å². The summed E-state index contributed by atoms with van der Waals surface area (Å²) in [5.74, 6) is 0.655. The fraction of sp³-hybridized carbons (Fsp3) is 0.941. The van der Waals surface area contributed by atoms with Crippen LogP contribution in [0.3, 0.4) is 0 Å². The number of alkyl carbamates (subject to hydrolysis) is 1. The monoisotopic (exact) mass is 298 g/mol. The molecule has 1 saturated carbocycles. The minimum atomic E-state index is -0.429. The summed E-state index contributed by atoms with van der Waals surface area (Å²) in [6, 6.07) is 0.738. The smallest absolute Gasteiger partial charge is 0.407 e. The summed E-state index contributed by atoms with van der Waals surface area (Å²) >= 11 is 0. The third-order valence-electron chi connectivity index (χ3n) is 4.56. The van der Waals surface area contributed by atoms with E-state index in [0.717, 1.165) is 25.8 Å². The predicted molar refractivity (Wildman–Crippen MR) is 87.4 cm³/mol. The molecule has 0 spiro atoms. The van der Waals surface area contributed by atoms with Gasteiger partial charge in [-0.05, 0) is 51.4 Å². The fourth-order valence-electron chi connectivity index (χ4n) is 2.38. The molecule has 1 amide bonds. The van der Waals surface area contributed by atoms with Gasteiger partial charge in [0.15, 0.2) is 0 Å². The number of nitrogens with one attached hydrogen (secondary N) is 2. The second kappa shape index (κ2) is 6.99. The van der Waals surface area contributed by atoms with Gasteiger partial charge in [0.25, 0.3) is 0 Å². The first-order chi connectivity index (χ1) is 9.49. The molecule has 4 nitrogen and oxygen atoms in total. The quantitative estimate of drug-likeness (QED) is 0.813. The van der Waals surface area contributed by atoms with Crippen LogP contribution in [0.5, 0.6) is 0 Å². The average molecular weight is 298 g/mol. The SMILES string of the molecule is CC(C)C(C)(C)CNC1CCC(NC(=O)OC(C)(C)C)C1. The Morgan fingerprint density at radius 3 is 2.24 bits per heavy atom. The van der Waals surface area contributed by atoms with Gasteiger partial charge in [-0.25, -0.2) is 4.79 Å². The Bertz CT molecular complexity index is 345. The van der Waals surface area contributed by atoms with Gasteiger partial charge in [-0.2, -0.15) is 0 Å². The number of hydrogen-bond acceptors (Lipinski definition) is 3. The van der Waals surface area contributed by atoms with E-state index in [2.05, 4.69) is 38.3 Å². The number of ether oxygens (including phenoxy) is 1. The third-order valence-corrected chi connectivity index (χ3v) is 4.56. The number of carbonyl (C=O) groups is 1. The summed E-state index contributed by atoms with van der Waals surface area (Å²) in [7, 11) is 0. The molecule has 0 heterocycles. The molecule has 0 saturated heterocycles. The lowest BCUT2D eigenvalue weighted by molar-refractivity contribution is 0.0505. The molecule has 1 aliphatic carbocycles. The number of amides is 1. The zero-order chi connectivity index (χ0) is 16.3. The molecule has 21 heavy (non-hydrogen) atoms. The van der Waals surface area contributed by atoms with Crippen LogP contribution in [0.25, 0.3) is 0 Å². The van der Waals surface area contributed by atoms with Crippen molar-refractivity contribution >= 4 is 6.09 Å². The summed E-state index contributed by atoms with van der Waals surface area (Å²) in [6.07, 6.45) is 2.84. The van der Waals surface area contributed by atoms with E-state index in [1.165, 1.54) is 0 Å². The van der Waals surface area contributed by atoms with Crippen molar-refractivity contribution in [1.82, 2.24) is 10.6 Å². The minimum Gasteiger partial charge on any atom is -0.444 e. The zero-order valence-corrected chi connectivity index (χ0v) is 14.9. The van der Waals surface area contributed by atoms with Crippen LogP contribution >= 0.6 is 0 Å². The molecule has 1 aliphatic rings. The topological polar surface area (TPSA) is 50.4 Å². The first-order valence-electron chi connectivity index (χ1n) is 8.22. The van der Waals surface area contributed by atoms with Crippen molar-refractivity contribution < 1.29 is 9.53 Å². The van der Waals surface area contributed by atoms with Crippen molar-refractivity contribution in [2.75, 3.05) is 6.54 Å². The maximum atomic E-state index is 11.8. The summed E-state index contributed by atoms with van der Waals surface area (Å²) < 4.78 is 5.31. The molecule has 0 radical (unpaired) electrons. The second-order valence-corrected chi connectivity index (χ2v) is 8.38. The molecule has 2 unspecified atom stereocenters. The fourth-order valence-corrected chi connectivity index (χ4v) is 2.38. The van der Waals surface area contributed by atoms with Gasteiger partial charge in [0.2, 0.25) is 0 Å². The molecular formula is C17H34N2O2. The molecule has 2 N–H and O–H groups in total. The molecule has 4 heteroatoms. The van der Waals surface area contributed by atoms with Gasteiger partial charge < -0.3 is 15.4 Å². The molecule has 0 bridgehead atoms.